The first-order chi connectivity index (χ1) is 7.22. The summed E-state index contributed by atoms with van der Waals surface area (Å²) in [6.45, 7) is 7.53. The van der Waals surface area contributed by atoms with E-state index < -0.39 is 0 Å². The predicted octanol–water partition coefficient (Wildman–Crippen LogP) is 2.06. The van der Waals surface area contributed by atoms with Crippen molar-refractivity contribution in [2.75, 3.05) is 26.2 Å². The van der Waals surface area contributed by atoms with Crippen LogP contribution >= 0.6 is 0 Å². The SMILES string of the molecule is CCCCOC(=O)CN1CCC(C)CC1. The lowest BCUT2D eigenvalue weighted by Crippen LogP contribution is -2.37. The van der Waals surface area contributed by atoms with Crippen LogP contribution in [0.4, 0.5) is 0 Å². The lowest BCUT2D eigenvalue weighted by Gasteiger charge is -2.29. The summed E-state index contributed by atoms with van der Waals surface area (Å²) in [5.74, 6) is 0.760. The van der Waals surface area contributed by atoms with Crippen LogP contribution in [0.1, 0.15) is 39.5 Å². The highest BCUT2D eigenvalue weighted by Crippen LogP contribution is 2.15. The fourth-order valence-corrected chi connectivity index (χ4v) is 1.78. The molecule has 0 atom stereocenters. The number of piperidine rings is 1. The van der Waals surface area contributed by atoms with Gasteiger partial charge in [-0.05, 0) is 38.3 Å². The second kappa shape index (κ2) is 6.83. The Morgan fingerprint density at radius 3 is 2.67 bits per heavy atom. The molecule has 3 nitrogen and oxygen atoms in total. The maximum atomic E-state index is 11.4. The number of rotatable bonds is 5. The van der Waals surface area contributed by atoms with Crippen molar-refractivity contribution in [3.8, 4) is 0 Å². The highest BCUT2D eigenvalue weighted by molar-refractivity contribution is 5.71. The van der Waals surface area contributed by atoms with Gasteiger partial charge >= 0.3 is 5.97 Å². The Morgan fingerprint density at radius 1 is 1.40 bits per heavy atom. The molecule has 0 aromatic rings. The van der Waals surface area contributed by atoms with Gasteiger partial charge in [0.15, 0.2) is 0 Å². The van der Waals surface area contributed by atoms with Crippen LogP contribution in [0.25, 0.3) is 0 Å². The van der Waals surface area contributed by atoms with Crippen LogP contribution in [0.5, 0.6) is 0 Å². The minimum atomic E-state index is -0.0574. The van der Waals surface area contributed by atoms with Crippen molar-refractivity contribution in [3.63, 3.8) is 0 Å². The summed E-state index contributed by atoms with van der Waals surface area (Å²) < 4.78 is 5.13. The monoisotopic (exact) mass is 213 g/mol. The summed E-state index contributed by atoms with van der Waals surface area (Å²) in [5, 5.41) is 0. The highest BCUT2D eigenvalue weighted by Gasteiger charge is 2.18. The fraction of sp³-hybridized carbons (Fsp3) is 0.917. The number of hydrogen-bond acceptors (Lipinski definition) is 3. The first-order valence-corrected chi connectivity index (χ1v) is 6.10. The molecule has 0 N–H and O–H groups in total. The number of unbranched alkanes of at least 4 members (excludes halogenated alkanes) is 1. The summed E-state index contributed by atoms with van der Waals surface area (Å²) >= 11 is 0. The number of hydrogen-bond donors (Lipinski definition) is 0. The molecular formula is C12H23NO2. The van der Waals surface area contributed by atoms with Crippen LogP contribution in [0.2, 0.25) is 0 Å². The quantitative estimate of drug-likeness (QED) is 0.517. The standard InChI is InChI=1S/C12H23NO2/c1-3-4-9-15-12(14)10-13-7-5-11(2)6-8-13/h11H,3-10H2,1-2H3. The zero-order valence-electron chi connectivity index (χ0n) is 10.00. The molecule has 0 bridgehead atoms. The molecule has 1 aliphatic rings. The van der Waals surface area contributed by atoms with E-state index in [2.05, 4.69) is 18.7 Å². The Bertz CT molecular complexity index is 186. The number of esters is 1. The van der Waals surface area contributed by atoms with Crippen LogP contribution in [-0.2, 0) is 9.53 Å². The van der Waals surface area contributed by atoms with Crippen LogP contribution in [0.3, 0.4) is 0 Å². The third-order valence-corrected chi connectivity index (χ3v) is 2.99. The van der Waals surface area contributed by atoms with Crippen molar-refractivity contribution >= 4 is 5.97 Å². The van der Waals surface area contributed by atoms with Gasteiger partial charge in [0.1, 0.15) is 0 Å². The van der Waals surface area contributed by atoms with Crippen molar-refractivity contribution in [2.24, 2.45) is 5.92 Å². The fourth-order valence-electron chi connectivity index (χ4n) is 1.78. The Hall–Kier alpha value is -0.570. The van der Waals surface area contributed by atoms with E-state index in [0.29, 0.717) is 13.2 Å². The first kappa shape index (κ1) is 12.5. The Balaban J connectivity index is 2.09. The molecule has 0 radical (unpaired) electrons. The van der Waals surface area contributed by atoms with Gasteiger partial charge in [-0.2, -0.15) is 0 Å². The average molecular weight is 213 g/mol. The lowest BCUT2D eigenvalue weighted by molar-refractivity contribution is -0.145. The third kappa shape index (κ3) is 5.17. The molecule has 0 spiro atoms. The van der Waals surface area contributed by atoms with E-state index in [4.69, 9.17) is 4.74 Å². The van der Waals surface area contributed by atoms with Crippen molar-refractivity contribution in [1.29, 1.82) is 0 Å². The molecular weight excluding hydrogens is 190 g/mol. The Morgan fingerprint density at radius 2 is 2.07 bits per heavy atom. The highest BCUT2D eigenvalue weighted by atomic mass is 16.5. The van der Waals surface area contributed by atoms with Gasteiger partial charge in [-0.1, -0.05) is 20.3 Å². The smallest absolute Gasteiger partial charge is 0.320 e. The number of nitrogens with zero attached hydrogens (tertiary/aromatic N) is 1. The average Bonchev–Trinajstić information content (AvgIpc) is 2.22. The van der Waals surface area contributed by atoms with Crippen molar-refractivity contribution in [2.45, 2.75) is 39.5 Å². The van der Waals surface area contributed by atoms with E-state index in [1.807, 2.05) is 0 Å². The number of carbonyl (C=O) groups is 1. The first-order valence-electron chi connectivity index (χ1n) is 6.10. The number of carbonyl (C=O) groups excluding carboxylic acids is 1. The van der Waals surface area contributed by atoms with Crippen LogP contribution < -0.4 is 0 Å². The van der Waals surface area contributed by atoms with E-state index >= 15 is 0 Å². The summed E-state index contributed by atoms with van der Waals surface area (Å²) in [6.07, 6.45) is 4.47. The molecule has 88 valence electrons. The number of ether oxygens (including phenoxy) is 1. The predicted molar refractivity (Wildman–Crippen MR) is 60.7 cm³/mol. The van der Waals surface area contributed by atoms with Gasteiger partial charge in [-0.25, -0.2) is 0 Å². The van der Waals surface area contributed by atoms with Gasteiger partial charge in [0.05, 0.1) is 13.2 Å². The summed E-state index contributed by atoms with van der Waals surface area (Å²) in [6, 6.07) is 0. The van der Waals surface area contributed by atoms with Gasteiger partial charge in [0.2, 0.25) is 0 Å². The van der Waals surface area contributed by atoms with E-state index in [1.54, 1.807) is 0 Å². The second-order valence-electron chi connectivity index (χ2n) is 4.53. The largest absolute Gasteiger partial charge is 0.465 e. The molecule has 0 aromatic carbocycles. The summed E-state index contributed by atoms with van der Waals surface area (Å²) in [7, 11) is 0. The molecule has 1 aliphatic heterocycles. The minimum absolute atomic E-state index is 0.0574. The van der Waals surface area contributed by atoms with Crippen molar-refractivity contribution < 1.29 is 9.53 Å². The summed E-state index contributed by atoms with van der Waals surface area (Å²) in [4.78, 5) is 13.6. The Kier molecular flexibility index (Phi) is 5.69. The normalized spacial score (nSPS) is 19.1. The summed E-state index contributed by atoms with van der Waals surface area (Å²) in [5.41, 5.74) is 0. The molecule has 0 aromatic heterocycles. The van der Waals surface area contributed by atoms with E-state index in [-0.39, 0.29) is 5.97 Å². The Labute approximate surface area is 92.8 Å². The van der Waals surface area contributed by atoms with E-state index in [1.165, 1.54) is 12.8 Å². The van der Waals surface area contributed by atoms with Crippen LogP contribution in [0, 0.1) is 5.92 Å². The molecule has 15 heavy (non-hydrogen) atoms. The molecule has 1 rings (SSSR count). The van der Waals surface area contributed by atoms with Gasteiger partial charge in [0.25, 0.3) is 0 Å². The van der Waals surface area contributed by atoms with Gasteiger partial charge in [-0.3, -0.25) is 9.69 Å². The molecule has 0 saturated carbocycles. The van der Waals surface area contributed by atoms with Crippen LogP contribution in [0.15, 0.2) is 0 Å². The maximum absolute atomic E-state index is 11.4. The van der Waals surface area contributed by atoms with Gasteiger partial charge in [0, 0.05) is 0 Å². The van der Waals surface area contributed by atoms with Gasteiger partial charge < -0.3 is 4.74 Å². The van der Waals surface area contributed by atoms with E-state index in [0.717, 1.165) is 31.8 Å². The zero-order chi connectivity index (χ0) is 11.1. The maximum Gasteiger partial charge on any atom is 0.320 e. The van der Waals surface area contributed by atoms with Gasteiger partial charge in [-0.15, -0.1) is 0 Å². The van der Waals surface area contributed by atoms with E-state index in [9.17, 15) is 4.79 Å². The molecule has 1 fully saturated rings. The van der Waals surface area contributed by atoms with Crippen molar-refractivity contribution in [3.05, 3.63) is 0 Å². The topological polar surface area (TPSA) is 29.5 Å². The van der Waals surface area contributed by atoms with Crippen LogP contribution in [-0.4, -0.2) is 37.1 Å². The molecule has 1 heterocycles. The van der Waals surface area contributed by atoms with Crippen molar-refractivity contribution in [1.82, 2.24) is 4.90 Å². The zero-order valence-corrected chi connectivity index (χ0v) is 10.00. The molecule has 0 unspecified atom stereocenters. The molecule has 3 heteroatoms. The molecule has 0 aliphatic carbocycles. The third-order valence-electron chi connectivity index (χ3n) is 2.99. The molecule has 0 amide bonds. The molecule has 1 saturated heterocycles. The minimum Gasteiger partial charge on any atom is -0.465 e. The second-order valence-corrected chi connectivity index (χ2v) is 4.53. The number of likely N-dealkylation sites (tertiary alicyclic amines) is 1. The lowest BCUT2D eigenvalue weighted by atomic mass is 9.99.